The molecule has 0 aromatic rings. The van der Waals surface area contributed by atoms with Gasteiger partial charge in [0.25, 0.3) is 0 Å². The van der Waals surface area contributed by atoms with Gasteiger partial charge in [-0.25, -0.2) is 0 Å². The van der Waals surface area contributed by atoms with Crippen molar-refractivity contribution in [1.29, 1.82) is 0 Å². The van der Waals surface area contributed by atoms with Crippen LogP contribution in [-0.4, -0.2) is 47.6 Å². The van der Waals surface area contributed by atoms with E-state index in [2.05, 4.69) is 5.32 Å². The maximum Gasteiger partial charge on any atom is 0.224 e. The minimum Gasteiger partial charge on any atom is -0.356 e. The van der Waals surface area contributed by atoms with Crippen molar-refractivity contribution in [2.75, 3.05) is 19.6 Å². The second-order valence-electron chi connectivity index (χ2n) is 5.62. The molecular formula is C11H20N2O3. The van der Waals surface area contributed by atoms with E-state index < -0.39 is 6.41 Å². The van der Waals surface area contributed by atoms with Crippen LogP contribution in [0.25, 0.3) is 0 Å². The molecule has 0 bridgehead atoms. The average molecular weight is 228 g/mol. The molecule has 0 aliphatic carbocycles. The van der Waals surface area contributed by atoms with Gasteiger partial charge >= 0.3 is 0 Å². The lowest BCUT2D eigenvalue weighted by Gasteiger charge is -2.30. The van der Waals surface area contributed by atoms with Crippen LogP contribution < -0.4 is 5.32 Å². The van der Waals surface area contributed by atoms with Crippen molar-refractivity contribution in [2.45, 2.75) is 32.8 Å². The minimum absolute atomic E-state index is 0.0261. The average Bonchev–Trinajstić information content (AvgIpc) is 2.65. The number of hydrogen-bond acceptors (Lipinski definition) is 4. The first kappa shape index (κ1) is 11.8. The molecule has 0 aromatic heterocycles. The minimum atomic E-state index is -0.904. The fraction of sp³-hybridized carbons (Fsp3) is 0.909. The number of likely N-dealkylation sites (tertiary alicyclic amines) is 1. The van der Waals surface area contributed by atoms with Gasteiger partial charge in [0.15, 0.2) is 0 Å². The number of hydrogen-bond donors (Lipinski definition) is 2. The van der Waals surface area contributed by atoms with E-state index in [0.29, 0.717) is 12.5 Å². The maximum absolute atomic E-state index is 11.4. The molecule has 3 unspecified atom stereocenters. The molecule has 0 aromatic carbocycles. The third-order valence-electron chi connectivity index (χ3n) is 3.12. The third-order valence-corrected chi connectivity index (χ3v) is 3.12. The summed E-state index contributed by atoms with van der Waals surface area (Å²) in [7, 11) is 0. The summed E-state index contributed by atoms with van der Waals surface area (Å²) in [6.45, 7) is 7.75. The third kappa shape index (κ3) is 2.36. The molecule has 2 aliphatic heterocycles. The molecule has 2 aliphatic rings. The molecule has 0 spiro atoms. The van der Waals surface area contributed by atoms with Crippen LogP contribution in [0.15, 0.2) is 0 Å². The number of amides is 1. The molecule has 2 N–H and O–H groups in total. The van der Waals surface area contributed by atoms with Crippen LogP contribution in [0.2, 0.25) is 0 Å². The fourth-order valence-electron chi connectivity index (χ4n) is 2.34. The first-order chi connectivity index (χ1) is 7.37. The number of nitrogens with one attached hydrogen (secondary N) is 1. The molecule has 2 heterocycles. The van der Waals surface area contributed by atoms with E-state index in [1.54, 1.807) is 0 Å². The maximum atomic E-state index is 11.4. The van der Waals surface area contributed by atoms with Gasteiger partial charge in [0.2, 0.25) is 12.3 Å². The summed E-state index contributed by atoms with van der Waals surface area (Å²) in [6.07, 6.45) is -0.904. The van der Waals surface area contributed by atoms with E-state index in [1.165, 1.54) is 0 Å². The van der Waals surface area contributed by atoms with Crippen LogP contribution in [0.5, 0.6) is 0 Å². The second kappa shape index (κ2) is 3.98. The number of ether oxygens (including phenoxy) is 1. The number of aliphatic hydroxyl groups excluding tert-OH is 1. The van der Waals surface area contributed by atoms with Crippen molar-refractivity contribution in [3.05, 3.63) is 0 Å². The lowest BCUT2D eigenvalue weighted by atomic mass is 10.0. The van der Waals surface area contributed by atoms with Crippen LogP contribution in [0.4, 0.5) is 0 Å². The quantitative estimate of drug-likeness (QED) is 0.640. The lowest BCUT2D eigenvalue weighted by Crippen LogP contribution is -2.42. The van der Waals surface area contributed by atoms with E-state index >= 15 is 0 Å². The van der Waals surface area contributed by atoms with Gasteiger partial charge in [-0.2, -0.15) is 0 Å². The highest BCUT2D eigenvalue weighted by atomic mass is 16.6. The van der Waals surface area contributed by atoms with Crippen LogP contribution in [-0.2, 0) is 9.53 Å². The van der Waals surface area contributed by atoms with Gasteiger partial charge in [-0.15, -0.1) is 0 Å². The summed E-state index contributed by atoms with van der Waals surface area (Å²) in [5.74, 6) is 0.458. The van der Waals surface area contributed by atoms with Crippen molar-refractivity contribution in [3.8, 4) is 0 Å². The van der Waals surface area contributed by atoms with Gasteiger partial charge in [0.1, 0.15) is 0 Å². The van der Waals surface area contributed by atoms with Crippen molar-refractivity contribution >= 4 is 5.91 Å². The SMILES string of the molecule is CC(C)(C)OC(O)N1CC2CNC(=O)C2C1. The molecule has 3 atom stereocenters. The van der Waals surface area contributed by atoms with Crippen LogP contribution >= 0.6 is 0 Å². The summed E-state index contributed by atoms with van der Waals surface area (Å²) in [4.78, 5) is 13.3. The van der Waals surface area contributed by atoms with E-state index in [4.69, 9.17) is 4.74 Å². The Labute approximate surface area is 95.8 Å². The van der Waals surface area contributed by atoms with Crippen molar-refractivity contribution in [3.63, 3.8) is 0 Å². The summed E-state index contributed by atoms with van der Waals surface area (Å²) in [6, 6.07) is 0. The Kier molecular flexibility index (Phi) is 2.94. The van der Waals surface area contributed by atoms with Crippen molar-refractivity contribution in [2.24, 2.45) is 11.8 Å². The van der Waals surface area contributed by atoms with Crippen LogP contribution in [0, 0.1) is 11.8 Å². The van der Waals surface area contributed by atoms with Gasteiger partial charge in [0.05, 0.1) is 11.5 Å². The summed E-state index contributed by atoms with van der Waals surface area (Å²) in [5, 5.41) is 12.7. The predicted molar refractivity (Wildman–Crippen MR) is 58.4 cm³/mol. The molecule has 2 rings (SSSR count). The normalized spacial score (nSPS) is 32.6. The number of carbonyl (C=O) groups excluding carboxylic acids is 1. The Hall–Kier alpha value is -0.650. The molecule has 2 fully saturated rings. The Morgan fingerprint density at radius 2 is 2.19 bits per heavy atom. The van der Waals surface area contributed by atoms with Gasteiger partial charge < -0.3 is 15.2 Å². The summed E-state index contributed by atoms with van der Waals surface area (Å²) >= 11 is 0. The fourth-order valence-corrected chi connectivity index (χ4v) is 2.34. The van der Waals surface area contributed by atoms with Gasteiger partial charge in [0, 0.05) is 25.6 Å². The lowest BCUT2D eigenvalue weighted by molar-refractivity contribution is -0.235. The second-order valence-corrected chi connectivity index (χ2v) is 5.62. The first-order valence-corrected chi connectivity index (χ1v) is 5.74. The Bertz CT molecular complexity index is 287. The molecule has 0 radical (unpaired) electrons. The number of rotatable bonds is 2. The molecule has 5 nitrogen and oxygen atoms in total. The molecule has 5 heteroatoms. The van der Waals surface area contributed by atoms with E-state index in [-0.39, 0.29) is 17.4 Å². The Balaban J connectivity index is 1.91. The Morgan fingerprint density at radius 1 is 1.50 bits per heavy atom. The highest BCUT2D eigenvalue weighted by Gasteiger charge is 2.44. The smallest absolute Gasteiger partial charge is 0.224 e. The molecule has 16 heavy (non-hydrogen) atoms. The van der Waals surface area contributed by atoms with E-state index in [0.717, 1.165) is 13.1 Å². The molecule has 92 valence electrons. The molecular weight excluding hydrogens is 208 g/mol. The van der Waals surface area contributed by atoms with Crippen LogP contribution in [0.1, 0.15) is 20.8 Å². The zero-order chi connectivity index (χ0) is 11.9. The van der Waals surface area contributed by atoms with E-state index in [1.807, 2.05) is 25.7 Å². The summed E-state index contributed by atoms with van der Waals surface area (Å²) < 4.78 is 5.47. The van der Waals surface area contributed by atoms with Crippen molar-refractivity contribution < 1.29 is 14.6 Å². The molecule has 2 saturated heterocycles. The largest absolute Gasteiger partial charge is 0.356 e. The zero-order valence-corrected chi connectivity index (χ0v) is 10.1. The van der Waals surface area contributed by atoms with Gasteiger partial charge in [-0.05, 0) is 20.8 Å². The molecule has 1 amide bonds. The monoisotopic (exact) mass is 228 g/mol. The number of carbonyl (C=O) groups is 1. The number of nitrogens with zero attached hydrogens (tertiary/aromatic N) is 1. The predicted octanol–water partition coefficient (Wildman–Crippen LogP) is -0.245. The highest BCUT2D eigenvalue weighted by Crippen LogP contribution is 2.29. The Morgan fingerprint density at radius 3 is 2.75 bits per heavy atom. The number of aliphatic hydroxyl groups is 1. The van der Waals surface area contributed by atoms with Gasteiger partial charge in [-0.1, -0.05) is 0 Å². The molecule has 0 saturated carbocycles. The topological polar surface area (TPSA) is 61.8 Å². The summed E-state index contributed by atoms with van der Waals surface area (Å²) in [5.41, 5.74) is -0.376. The highest BCUT2D eigenvalue weighted by molar-refractivity contribution is 5.81. The van der Waals surface area contributed by atoms with Gasteiger partial charge in [-0.3, -0.25) is 9.69 Å². The first-order valence-electron chi connectivity index (χ1n) is 5.74. The van der Waals surface area contributed by atoms with E-state index in [9.17, 15) is 9.90 Å². The standard InChI is InChI=1S/C11H20N2O3/c1-11(2,3)16-10(15)13-5-7-4-12-9(14)8(7)6-13/h7-8,10,15H,4-6H2,1-3H3,(H,12,14). The van der Waals surface area contributed by atoms with Crippen molar-refractivity contribution in [1.82, 2.24) is 10.2 Å². The van der Waals surface area contributed by atoms with Crippen LogP contribution in [0.3, 0.4) is 0 Å². The zero-order valence-electron chi connectivity index (χ0n) is 10.1. The number of fused-ring (bicyclic) bond motifs is 1.